The van der Waals surface area contributed by atoms with Crippen molar-refractivity contribution in [1.29, 1.82) is 0 Å². The SMILES string of the molecule is CCCCCCCCCCCCCSC(CCCCCCC)C(C)OCCCO[PH](=O)C(=O)OO. The van der Waals surface area contributed by atoms with E-state index in [1.165, 1.54) is 115 Å². The fraction of sp³-hybridized carbons (Fsp3) is 0.963. The van der Waals surface area contributed by atoms with E-state index in [9.17, 15) is 9.36 Å². The molecule has 0 aliphatic carbocycles. The van der Waals surface area contributed by atoms with Crippen molar-refractivity contribution in [3.05, 3.63) is 0 Å². The van der Waals surface area contributed by atoms with Crippen molar-refractivity contribution < 1.29 is 28.8 Å². The van der Waals surface area contributed by atoms with Crippen molar-refractivity contribution in [2.24, 2.45) is 0 Å². The number of carbonyl (C=O) groups is 1. The number of carbonyl (C=O) groups excluding carboxylic acids is 1. The van der Waals surface area contributed by atoms with Crippen LogP contribution >= 0.6 is 19.8 Å². The summed E-state index contributed by atoms with van der Waals surface area (Å²) in [5, 5.41) is 8.71. The molecule has 0 aliphatic heterocycles. The van der Waals surface area contributed by atoms with Gasteiger partial charge in [0.2, 0.25) is 0 Å². The molecule has 0 saturated carbocycles. The fourth-order valence-electron chi connectivity index (χ4n) is 4.10. The highest BCUT2D eigenvalue weighted by molar-refractivity contribution is 7.99. The zero-order valence-electron chi connectivity index (χ0n) is 22.9. The van der Waals surface area contributed by atoms with Crippen molar-refractivity contribution in [2.45, 2.75) is 148 Å². The van der Waals surface area contributed by atoms with Crippen LogP contribution in [-0.4, -0.2) is 41.3 Å². The van der Waals surface area contributed by atoms with Gasteiger partial charge >= 0.3 is 13.7 Å². The lowest BCUT2D eigenvalue weighted by Gasteiger charge is -2.24. The van der Waals surface area contributed by atoms with Crippen molar-refractivity contribution in [3.63, 3.8) is 0 Å². The minimum atomic E-state index is -3.00. The second-order valence-corrected chi connectivity index (χ2v) is 12.2. The predicted octanol–water partition coefficient (Wildman–Crippen LogP) is 9.66. The van der Waals surface area contributed by atoms with E-state index in [-0.39, 0.29) is 12.7 Å². The van der Waals surface area contributed by atoms with E-state index in [2.05, 4.69) is 37.4 Å². The van der Waals surface area contributed by atoms with E-state index in [1.807, 2.05) is 0 Å². The largest absolute Gasteiger partial charge is 0.421 e. The van der Waals surface area contributed by atoms with E-state index in [1.54, 1.807) is 0 Å². The standard InChI is InChI=1S/C27H55O6PS/c1-4-6-8-10-11-12-13-14-15-17-19-24-35-26(21-18-16-9-7-5-2)25(3)31-22-20-23-32-34(30)27(28)33-29/h25-26,29,34H,4-24H2,1-3H3. The van der Waals surface area contributed by atoms with Gasteiger partial charge in [-0.1, -0.05) is 110 Å². The van der Waals surface area contributed by atoms with Crippen molar-refractivity contribution in [3.8, 4) is 0 Å². The van der Waals surface area contributed by atoms with Crippen LogP contribution in [-0.2, 0) is 18.7 Å². The summed E-state index contributed by atoms with van der Waals surface area (Å²) < 4.78 is 22.3. The van der Waals surface area contributed by atoms with Gasteiger partial charge in [0.1, 0.15) is 0 Å². The third-order valence-corrected chi connectivity index (χ3v) is 8.81. The van der Waals surface area contributed by atoms with Crippen LogP contribution in [0.15, 0.2) is 0 Å². The summed E-state index contributed by atoms with van der Waals surface area (Å²) in [5.41, 5.74) is -1.22. The lowest BCUT2D eigenvalue weighted by molar-refractivity contribution is -0.168. The third-order valence-electron chi connectivity index (χ3n) is 6.35. The van der Waals surface area contributed by atoms with Gasteiger partial charge in [-0.15, -0.1) is 0 Å². The Balaban J connectivity index is 4.04. The quantitative estimate of drug-likeness (QED) is 0.0482. The topological polar surface area (TPSA) is 82.1 Å². The van der Waals surface area contributed by atoms with E-state index in [4.69, 9.17) is 14.5 Å². The molecule has 0 rings (SSSR count). The molecule has 0 spiro atoms. The number of thioether (sulfide) groups is 1. The van der Waals surface area contributed by atoms with Gasteiger partial charge in [-0.05, 0) is 31.9 Å². The van der Waals surface area contributed by atoms with Crippen LogP contribution in [0, 0.1) is 0 Å². The van der Waals surface area contributed by atoms with Gasteiger partial charge in [-0.2, -0.15) is 17.0 Å². The highest BCUT2D eigenvalue weighted by Gasteiger charge is 2.18. The van der Waals surface area contributed by atoms with E-state index in [0.717, 1.165) is 0 Å². The molecule has 0 aliphatic rings. The maximum Gasteiger partial charge on any atom is 0.421 e. The van der Waals surface area contributed by atoms with E-state index >= 15 is 0 Å². The molecule has 1 N–H and O–H groups in total. The van der Waals surface area contributed by atoms with E-state index < -0.39 is 13.7 Å². The van der Waals surface area contributed by atoms with Gasteiger partial charge in [-0.25, -0.2) is 4.79 Å². The van der Waals surface area contributed by atoms with Gasteiger partial charge in [0.05, 0.1) is 12.7 Å². The summed E-state index contributed by atoms with van der Waals surface area (Å²) in [6.07, 6.45) is 23.4. The zero-order chi connectivity index (χ0) is 26.0. The van der Waals surface area contributed by atoms with Gasteiger partial charge in [-0.3, -0.25) is 9.45 Å². The molecule has 3 unspecified atom stereocenters. The molecule has 3 atom stereocenters. The maximum absolute atomic E-state index is 11.4. The monoisotopic (exact) mass is 538 g/mol. The molecule has 0 aromatic heterocycles. The second kappa shape index (κ2) is 27.0. The Bertz CT molecular complexity index is 494. The predicted molar refractivity (Wildman–Crippen MR) is 150 cm³/mol. The van der Waals surface area contributed by atoms with Crippen LogP contribution in [0.3, 0.4) is 0 Å². The molecule has 0 saturated heterocycles. The first-order chi connectivity index (χ1) is 17.1. The van der Waals surface area contributed by atoms with Crippen molar-refractivity contribution in [2.75, 3.05) is 19.0 Å². The Morgan fingerprint density at radius 3 is 1.83 bits per heavy atom. The molecule has 0 aromatic rings. The summed E-state index contributed by atoms with van der Waals surface area (Å²) in [6, 6.07) is 0. The molecule has 0 heterocycles. The summed E-state index contributed by atoms with van der Waals surface area (Å²) in [7, 11) is -3.00. The van der Waals surface area contributed by atoms with Gasteiger partial charge < -0.3 is 9.26 Å². The smallest absolute Gasteiger partial charge is 0.377 e. The number of hydrogen-bond acceptors (Lipinski definition) is 7. The molecular weight excluding hydrogens is 483 g/mol. The van der Waals surface area contributed by atoms with Crippen molar-refractivity contribution in [1.82, 2.24) is 0 Å². The minimum Gasteiger partial charge on any atom is -0.377 e. The van der Waals surface area contributed by atoms with Gasteiger partial charge in [0.25, 0.3) is 0 Å². The van der Waals surface area contributed by atoms with Crippen molar-refractivity contribution >= 4 is 25.5 Å². The molecule has 6 nitrogen and oxygen atoms in total. The Kier molecular flexibility index (Phi) is 26.9. The molecular formula is C27H55O6PS. The van der Waals surface area contributed by atoms with E-state index in [0.29, 0.717) is 18.3 Å². The third kappa shape index (κ3) is 22.8. The molecule has 0 amide bonds. The lowest BCUT2D eigenvalue weighted by atomic mass is 10.1. The summed E-state index contributed by atoms with van der Waals surface area (Å²) in [4.78, 5) is 14.3. The first kappa shape index (κ1) is 34.9. The second-order valence-electron chi connectivity index (χ2n) is 9.59. The Morgan fingerprint density at radius 1 is 0.771 bits per heavy atom. The Labute approximate surface area is 220 Å². The lowest BCUT2D eigenvalue weighted by Crippen LogP contribution is -2.24. The Hall–Kier alpha value is -0.0700. The van der Waals surface area contributed by atoms with Crippen LogP contribution in [0.2, 0.25) is 0 Å². The summed E-state index contributed by atoms with van der Waals surface area (Å²) in [5.74, 6) is 1.19. The molecule has 0 aromatic carbocycles. The molecule has 35 heavy (non-hydrogen) atoms. The molecule has 0 fully saturated rings. The minimum absolute atomic E-state index is 0.146. The summed E-state index contributed by atoms with van der Waals surface area (Å²) >= 11 is 2.06. The highest BCUT2D eigenvalue weighted by atomic mass is 32.2. The number of rotatable bonds is 27. The zero-order valence-corrected chi connectivity index (χ0v) is 24.7. The highest BCUT2D eigenvalue weighted by Crippen LogP contribution is 2.26. The molecule has 210 valence electrons. The summed E-state index contributed by atoms with van der Waals surface area (Å²) in [6.45, 7) is 7.31. The molecule has 0 radical (unpaired) electrons. The van der Waals surface area contributed by atoms with Crippen LogP contribution in [0.4, 0.5) is 4.79 Å². The van der Waals surface area contributed by atoms with Gasteiger partial charge in [0.15, 0.2) is 0 Å². The normalized spacial score (nSPS) is 14.1. The van der Waals surface area contributed by atoms with Crippen LogP contribution in [0.25, 0.3) is 0 Å². The number of ether oxygens (including phenoxy) is 1. The van der Waals surface area contributed by atoms with Gasteiger partial charge in [0, 0.05) is 11.9 Å². The average molecular weight is 539 g/mol. The van der Waals surface area contributed by atoms with Crippen LogP contribution in [0.1, 0.15) is 136 Å². The average Bonchev–Trinajstić information content (AvgIpc) is 2.86. The number of hydrogen-bond donors (Lipinski definition) is 1. The number of unbranched alkanes of at least 4 members (excludes halogenated alkanes) is 14. The van der Waals surface area contributed by atoms with Crippen LogP contribution in [0.5, 0.6) is 0 Å². The molecule has 8 heteroatoms. The maximum atomic E-state index is 11.4. The first-order valence-electron chi connectivity index (χ1n) is 14.3. The molecule has 0 bridgehead atoms. The van der Waals surface area contributed by atoms with Crippen LogP contribution < -0.4 is 0 Å². The Morgan fingerprint density at radius 2 is 1.29 bits per heavy atom. The fourth-order valence-corrected chi connectivity index (χ4v) is 5.98. The first-order valence-corrected chi connectivity index (χ1v) is 16.7.